The number of hydrogen-bond acceptors (Lipinski definition) is 4. The highest BCUT2D eigenvalue weighted by molar-refractivity contribution is 9.10. The molecule has 0 atom stereocenters. The lowest BCUT2D eigenvalue weighted by Gasteiger charge is -2.09. The Morgan fingerprint density at radius 1 is 0.923 bits per heavy atom. The fourth-order valence-electron chi connectivity index (χ4n) is 2.11. The number of nitrogens with one attached hydrogen (secondary N) is 2. The lowest BCUT2D eigenvalue weighted by atomic mass is 10.2. The maximum atomic E-state index is 11.9. The number of rotatable bonds is 9. The van der Waals surface area contributed by atoms with Gasteiger partial charge in [0.2, 0.25) is 5.91 Å². The summed E-state index contributed by atoms with van der Waals surface area (Å²) in [7, 11) is 1.60. The summed E-state index contributed by atoms with van der Waals surface area (Å²) in [6.45, 7) is 1.04. The summed E-state index contributed by atoms with van der Waals surface area (Å²) in [6.07, 6.45) is 0.213. The SMILES string of the molecule is COc1ccc(OCCNC(=O)CCNC(=O)c2ccc(Br)cc2)cc1. The lowest BCUT2D eigenvalue weighted by Crippen LogP contribution is -2.32. The van der Waals surface area contributed by atoms with Crippen LogP contribution in [0.1, 0.15) is 16.8 Å². The van der Waals surface area contributed by atoms with Crippen molar-refractivity contribution in [3.63, 3.8) is 0 Å². The first-order valence-corrected chi connectivity index (χ1v) is 8.95. The van der Waals surface area contributed by atoms with Gasteiger partial charge in [-0.15, -0.1) is 0 Å². The number of halogens is 1. The van der Waals surface area contributed by atoms with Gasteiger partial charge in [0.15, 0.2) is 0 Å². The van der Waals surface area contributed by atoms with E-state index in [1.54, 1.807) is 43.5 Å². The third kappa shape index (κ3) is 6.76. The molecule has 2 aromatic rings. The molecule has 2 N–H and O–H groups in total. The van der Waals surface area contributed by atoms with Crippen LogP contribution in [0.5, 0.6) is 11.5 Å². The molecule has 138 valence electrons. The zero-order chi connectivity index (χ0) is 18.8. The predicted molar refractivity (Wildman–Crippen MR) is 103 cm³/mol. The van der Waals surface area contributed by atoms with Gasteiger partial charge in [-0.1, -0.05) is 15.9 Å². The fraction of sp³-hybridized carbons (Fsp3) is 0.263. The minimum absolute atomic E-state index is 0.139. The van der Waals surface area contributed by atoms with Crippen LogP contribution in [0.3, 0.4) is 0 Å². The second kappa shape index (κ2) is 10.5. The monoisotopic (exact) mass is 420 g/mol. The van der Waals surface area contributed by atoms with Gasteiger partial charge in [-0.05, 0) is 48.5 Å². The van der Waals surface area contributed by atoms with Crippen LogP contribution in [0.2, 0.25) is 0 Å². The molecule has 2 rings (SSSR count). The largest absolute Gasteiger partial charge is 0.497 e. The quantitative estimate of drug-likeness (QED) is 0.611. The highest BCUT2D eigenvalue weighted by atomic mass is 79.9. The van der Waals surface area contributed by atoms with Crippen LogP contribution >= 0.6 is 15.9 Å². The van der Waals surface area contributed by atoms with Crippen molar-refractivity contribution in [2.24, 2.45) is 0 Å². The highest BCUT2D eigenvalue weighted by Gasteiger charge is 2.06. The molecule has 2 aromatic carbocycles. The topological polar surface area (TPSA) is 76.7 Å². The summed E-state index contributed by atoms with van der Waals surface area (Å²) in [6, 6.07) is 14.3. The first-order chi connectivity index (χ1) is 12.6. The molecule has 0 spiro atoms. The molecule has 0 saturated carbocycles. The second-order valence-corrected chi connectivity index (χ2v) is 6.30. The molecule has 0 unspecified atom stereocenters. The Kier molecular flexibility index (Phi) is 7.95. The Morgan fingerprint density at radius 2 is 1.58 bits per heavy atom. The van der Waals surface area contributed by atoms with Crippen LogP contribution in [0.15, 0.2) is 53.0 Å². The normalized spacial score (nSPS) is 10.1. The first-order valence-electron chi connectivity index (χ1n) is 8.16. The zero-order valence-electron chi connectivity index (χ0n) is 14.5. The third-order valence-electron chi connectivity index (χ3n) is 3.50. The van der Waals surface area contributed by atoms with Crippen LogP contribution in [0.25, 0.3) is 0 Å². The molecule has 0 fully saturated rings. The molecular formula is C19H21BrN2O4. The van der Waals surface area contributed by atoms with Gasteiger partial charge in [0.05, 0.1) is 13.7 Å². The van der Waals surface area contributed by atoms with Crippen LogP contribution in [-0.2, 0) is 4.79 Å². The van der Waals surface area contributed by atoms with Gasteiger partial charge in [0, 0.05) is 23.0 Å². The van der Waals surface area contributed by atoms with E-state index in [1.165, 1.54) is 0 Å². The maximum Gasteiger partial charge on any atom is 0.251 e. The predicted octanol–water partition coefficient (Wildman–Crippen LogP) is 2.77. The van der Waals surface area contributed by atoms with Crippen molar-refractivity contribution in [3.8, 4) is 11.5 Å². The molecule has 7 heteroatoms. The number of hydrogen-bond donors (Lipinski definition) is 2. The van der Waals surface area contributed by atoms with E-state index in [4.69, 9.17) is 9.47 Å². The minimum atomic E-state index is -0.201. The molecule has 26 heavy (non-hydrogen) atoms. The van der Waals surface area contributed by atoms with Gasteiger partial charge >= 0.3 is 0 Å². The minimum Gasteiger partial charge on any atom is -0.497 e. The van der Waals surface area contributed by atoms with Crippen molar-refractivity contribution in [2.75, 3.05) is 26.8 Å². The summed E-state index contributed by atoms with van der Waals surface area (Å²) in [5, 5.41) is 5.47. The van der Waals surface area contributed by atoms with Crippen molar-refractivity contribution < 1.29 is 19.1 Å². The highest BCUT2D eigenvalue weighted by Crippen LogP contribution is 2.16. The van der Waals surface area contributed by atoms with E-state index >= 15 is 0 Å². The van der Waals surface area contributed by atoms with Gasteiger partial charge in [0.25, 0.3) is 5.91 Å². The second-order valence-electron chi connectivity index (χ2n) is 5.39. The Balaban J connectivity index is 1.58. The molecule has 0 saturated heterocycles. The lowest BCUT2D eigenvalue weighted by molar-refractivity contribution is -0.121. The molecular weight excluding hydrogens is 400 g/mol. The number of ether oxygens (including phenoxy) is 2. The average molecular weight is 421 g/mol. The Hall–Kier alpha value is -2.54. The van der Waals surface area contributed by atoms with Crippen LogP contribution in [0.4, 0.5) is 0 Å². The molecule has 0 radical (unpaired) electrons. The first kappa shape index (κ1) is 19.8. The number of benzene rings is 2. The molecule has 6 nitrogen and oxygen atoms in total. The van der Waals surface area contributed by atoms with Gasteiger partial charge < -0.3 is 20.1 Å². The standard InChI is InChI=1S/C19H21BrN2O4/c1-25-16-6-8-17(9-7-16)26-13-12-21-18(23)10-11-22-19(24)14-2-4-15(20)5-3-14/h2-9H,10-13H2,1H3,(H,21,23)(H,22,24). The van der Waals surface area contributed by atoms with Gasteiger partial charge in [-0.25, -0.2) is 0 Å². The van der Waals surface area contributed by atoms with Crippen LogP contribution < -0.4 is 20.1 Å². The van der Waals surface area contributed by atoms with Crippen molar-refractivity contribution >= 4 is 27.7 Å². The smallest absolute Gasteiger partial charge is 0.251 e. The Labute approximate surface area is 161 Å². The summed E-state index contributed by atoms with van der Waals surface area (Å²) in [5.74, 6) is 1.13. The van der Waals surface area contributed by atoms with Gasteiger partial charge in [-0.2, -0.15) is 0 Å². The number of methoxy groups -OCH3 is 1. The maximum absolute atomic E-state index is 11.9. The van der Waals surface area contributed by atoms with E-state index in [2.05, 4.69) is 26.6 Å². The van der Waals surface area contributed by atoms with E-state index in [-0.39, 0.29) is 24.8 Å². The summed E-state index contributed by atoms with van der Waals surface area (Å²) < 4.78 is 11.5. The van der Waals surface area contributed by atoms with Gasteiger partial charge in [-0.3, -0.25) is 9.59 Å². The van der Waals surface area contributed by atoms with Crippen molar-refractivity contribution in [3.05, 3.63) is 58.6 Å². The van der Waals surface area contributed by atoms with Crippen molar-refractivity contribution in [2.45, 2.75) is 6.42 Å². The third-order valence-corrected chi connectivity index (χ3v) is 4.03. The van der Waals surface area contributed by atoms with E-state index < -0.39 is 0 Å². The number of carbonyl (C=O) groups excluding carboxylic acids is 2. The van der Waals surface area contributed by atoms with Crippen LogP contribution in [0, 0.1) is 0 Å². The molecule has 0 bridgehead atoms. The Bertz CT molecular complexity index is 717. The van der Waals surface area contributed by atoms with Crippen molar-refractivity contribution in [1.29, 1.82) is 0 Å². The summed E-state index contributed by atoms with van der Waals surface area (Å²) in [4.78, 5) is 23.7. The number of amides is 2. The average Bonchev–Trinajstić information content (AvgIpc) is 2.66. The fourth-order valence-corrected chi connectivity index (χ4v) is 2.38. The van der Waals surface area contributed by atoms with Crippen molar-refractivity contribution in [1.82, 2.24) is 10.6 Å². The molecule has 0 aliphatic heterocycles. The summed E-state index contributed by atoms with van der Waals surface area (Å²) >= 11 is 3.32. The Morgan fingerprint density at radius 3 is 2.23 bits per heavy atom. The van der Waals surface area contributed by atoms with Gasteiger partial charge in [0.1, 0.15) is 18.1 Å². The molecule has 0 aromatic heterocycles. The zero-order valence-corrected chi connectivity index (χ0v) is 16.0. The summed E-state index contributed by atoms with van der Waals surface area (Å²) in [5.41, 5.74) is 0.557. The van der Waals surface area contributed by atoms with E-state index in [9.17, 15) is 9.59 Å². The van der Waals surface area contributed by atoms with Crippen LogP contribution in [-0.4, -0.2) is 38.6 Å². The molecule has 0 aliphatic rings. The molecule has 2 amide bonds. The van der Waals surface area contributed by atoms with E-state index in [1.807, 2.05) is 12.1 Å². The molecule has 0 aliphatic carbocycles. The molecule has 0 heterocycles. The van der Waals surface area contributed by atoms with E-state index in [0.717, 1.165) is 10.2 Å². The van der Waals surface area contributed by atoms with E-state index in [0.29, 0.717) is 24.5 Å². The number of carbonyl (C=O) groups is 2.